The summed E-state index contributed by atoms with van der Waals surface area (Å²) in [4.78, 5) is 4.17. The SMILES string of the molecule is OCc1coc(CC2CCCCN2)n1. The van der Waals surface area contributed by atoms with Gasteiger partial charge in [0.05, 0.1) is 6.61 Å². The van der Waals surface area contributed by atoms with Crippen LogP contribution in [0.3, 0.4) is 0 Å². The van der Waals surface area contributed by atoms with Gasteiger partial charge in [0.2, 0.25) is 0 Å². The Morgan fingerprint density at radius 1 is 1.57 bits per heavy atom. The third-order valence-electron chi connectivity index (χ3n) is 2.59. The molecule has 0 aromatic carbocycles. The first-order chi connectivity index (χ1) is 6.88. The lowest BCUT2D eigenvalue weighted by molar-refractivity contribution is 0.276. The van der Waals surface area contributed by atoms with Crippen molar-refractivity contribution < 1.29 is 9.52 Å². The zero-order valence-electron chi connectivity index (χ0n) is 8.20. The molecule has 0 amide bonds. The fourth-order valence-corrected chi connectivity index (χ4v) is 1.82. The highest BCUT2D eigenvalue weighted by molar-refractivity contribution is 4.96. The van der Waals surface area contributed by atoms with Gasteiger partial charge in [-0.05, 0) is 19.4 Å². The first kappa shape index (κ1) is 9.68. The van der Waals surface area contributed by atoms with Crippen LogP contribution in [0, 0.1) is 0 Å². The summed E-state index contributed by atoms with van der Waals surface area (Å²) in [6.07, 6.45) is 6.10. The monoisotopic (exact) mass is 196 g/mol. The van der Waals surface area contributed by atoms with E-state index in [1.807, 2.05) is 0 Å². The van der Waals surface area contributed by atoms with Crippen molar-refractivity contribution in [3.05, 3.63) is 17.8 Å². The van der Waals surface area contributed by atoms with Crippen molar-refractivity contribution in [2.24, 2.45) is 0 Å². The molecular weight excluding hydrogens is 180 g/mol. The summed E-state index contributed by atoms with van der Waals surface area (Å²) in [6.45, 7) is 1.06. The topological polar surface area (TPSA) is 58.3 Å². The van der Waals surface area contributed by atoms with E-state index in [2.05, 4.69) is 10.3 Å². The zero-order chi connectivity index (χ0) is 9.80. The van der Waals surface area contributed by atoms with Gasteiger partial charge in [0, 0.05) is 12.5 Å². The van der Waals surface area contributed by atoms with Crippen LogP contribution < -0.4 is 5.32 Å². The van der Waals surface area contributed by atoms with Crippen molar-refractivity contribution in [2.75, 3.05) is 6.54 Å². The smallest absolute Gasteiger partial charge is 0.195 e. The molecule has 0 radical (unpaired) electrons. The molecule has 0 aliphatic carbocycles. The van der Waals surface area contributed by atoms with E-state index in [9.17, 15) is 0 Å². The number of nitrogens with zero attached hydrogens (tertiary/aromatic N) is 1. The molecule has 1 aliphatic heterocycles. The molecule has 2 N–H and O–H groups in total. The highest BCUT2D eigenvalue weighted by Crippen LogP contribution is 2.12. The number of rotatable bonds is 3. The quantitative estimate of drug-likeness (QED) is 0.752. The van der Waals surface area contributed by atoms with Crippen LogP contribution in [0.1, 0.15) is 30.8 Å². The van der Waals surface area contributed by atoms with Crippen molar-refractivity contribution in [3.63, 3.8) is 0 Å². The van der Waals surface area contributed by atoms with Crippen molar-refractivity contribution in [2.45, 2.75) is 38.3 Å². The van der Waals surface area contributed by atoms with Gasteiger partial charge in [-0.25, -0.2) is 4.98 Å². The summed E-state index contributed by atoms with van der Waals surface area (Å²) < 4.78 is 5.25. The van der Waals surface area contributed by atoms with Crippen LogP contribution in [-0.2, 0) is 13.0 Å². The normalized spacial score (nSPS) is 22.5. The molecule has 0 saturated carbocycles. The summed E-state index contributed by atoms with van der Waals surface area (Å²) in [7, 11) is 0. The Hall–Kier alpha value is -0.870. The molecule has 2 rings (SSSR count). The predicted molar refractivity (Wildman–Crippen MR) is 51.8 cm³/mol. The third kappa shape index (κ3) is 2.33. The van der Waals surface area contributed by atoms with E-state index < -0.39 is 0 Å². The van der Waals surface area contributed by atoms with E-state index in [1.54, 1.807) is 0 Å². The number of aliphatic hydroxyl groups excluding tert-OH is 1. The Balaban J connectivity index is 1.89. The number of piperidine rings is 1. The van der Waals surface area contributed by atoms with Crippen LogP contribution in [0.25, 0.3) is 0 Å². The number of nitrogens with one attached hydrogen (secondary N) is 1. The Morgan fingerprint density at radius 2 is 2.50 bits per heavy atom. The second kappa shape index (κ2) is 4.57. The maximum atomic E-state index is 8.82. The lowest BCUT2D eigenvalue weighted by atomic mass is 10.0. The van der Waals surface area contributed by atoms with Crippen molar-refractivity contribution in [1.82, 2.24) is 10.3 Å². The van der Waals surface area contributed by atoms with E-state index in [-0.39, 0.29) is 6.61 Å². The van der Waals surface area contributed by atoms with E-state index in [4.69, 9.17) is 9.52 Å². The van der Waals surface area contributed by atoms with Gasteiger partial charge in [-0.15, -0.1) is 0 Å². The third-order valence-corrected chi connectivity index (χ3v) is 2.59. The number of hydrogen-bond donors (Lipinski definition) is 2. The average molecular weight is 196 g/mol. The first-order valence-electron chi connectivity index (χ1n) is 5.16. The molecule has 4 nitrogen and oxygen atoms in total. The molecule has 0 spiro atoms. The Labute approximate surface area is 83.3 Å². The van der Waals surface area contributed by atoms with Gasteiger partial charge < -0.3 is 14.8 Å². The van der Waals surface area contributed by atoms with Crippen LogP contribution in [-0.4, -0.2) is 22.7 Å². The lowest BCUT2D eigenvalue weighted by Crippen LogP contribution is -2.35. The van der Waals surface area contributed by atoms with Crippen LogP contribution in [0.5, 0.6) is 0 Å². The van der Waals surface area contributed by atoms with Gasteiger partial charge in [-0.1, -0.05) is 6.42 Å². The second-order valence-electron chi connectivity index (χ2n) is 3.74. The summed E-state index contributed by atoms with van der Waals surface area (Å²) in [5.41, 5.74) is 0.621. The van der Waals surface area contributed by atoms with Crippen LogP contribution in [0.4, 0.5) is 0 Å². The van der Waals surface area contributed by atoms with Gasteiger partial charge in [-0.2, -0.15) is 0 Å². The molecule has 4 heteroatoms. The highest BCUT2D eigenvalue weighted by atomic mass is 16.3. The van der Waals surface area contributed by atoms with Gasteiger partial charge in [0.15, 0.2) is 5.89 Å². The molecule has 1 aliphatic rings. The molecule has 1 aromatic heterocycles. The molecule has 1 saturated heterocycles. The van der Waals surface area contributed by atoms with Crippen molar-refractivity contribution >= 4 is 0 Å². The predicted octanol–water partition coefficient (Wildman–Crippen LogP) is 0.851. The zero-order valence-corrected chi connectivity index (χ0v) is 8.20. The standard InChI is InChI=1S/C10H16N2O2/c13-6-9-7-14-10(12-9)5-8-3-1-2-4-11-8/h7-8,11,13H,1-6H2. The summed E-state index contributed by atoms with van der Waals surface area (Å²) in [5.74, 6) is 0.730. The molecule has 1 unspecified atom stereocenters. The number of aliphatic hydroxyl groups is 1. The molecule has 78 valence electrons. The van der Waals surface area contributed by atoms with E-state index in [1.165, 1.54) is 25.5 Å². The first-order valence-corrected chi connectivity index (χ1v) is 5.16. The molecule has 1 fully saturated rings. The number of hydrogen-bond acceptors (Lipinski definition) is 4. The van der Waals surface area contributed by atoms with Gasteiger partial charge >= 0.3 is 0 Å². The van der Waals surface area contributed by atoms with Crippen molar-refractivity contribution in [3.8, 4) is 0 Å². The highest BCUT2D eigenvalue weighted by Gasteiger charge is 2.15. The van der Waals surface area contributed by atoms with E-state index in [0.29, 0.717) is 11.7 Å². The minimum atomic E-state index is -0.0401. The van der Waals surface area contributed by atoms with Crippen LogP contribution in [0.15, 0.2) is 10.7 Å². The largest absolute Gasteiger partial charge is 0.449 e. The molecule has 2 heterocycles. The van der Waals surface area contributed by atoms with Crippen LogP contribution in [0.2, 0.25) is 0 Å². The second-order valence-corrected chi connectivity index (χ2v) is 3.74. The molecular formula is C10H16N2O2. The lowest BCUT2D eigenvalue weighted by Gasteiger charge is -2.21. The van der Waals surface area contributed by atoms with Crippen LogP contribution >= 0.6 is 0 Å². The molecule has 14 heavy (non-hydrogen) atoms. The number of oxazole rings is 1. The summed E-state index contributed by atoms with van der Waals surface area (Å²) in [5, 5.41) is 12.3. The molecule has 1 aromatic rings. The maximum absolute atomic E-state index is 8.82. The average Bonchev–Trinajstić information content (AvgIpc) is 2.67. The molecule has 1 atom stereocenters. The fraction of sp³-hybridized carbons (Fsp3) is 0.700. The van der Waals surface area contributed by atoms with Gasteiger partial charge in [-0.3, -0.25) is 0 Å². The summed E-state index contributed by atoms with van der Waals surface area (Å²) in [6, 6.07) is 0.494. The Kier molecular flexibility index (Phi) is 3.16. The Morgan fingerprint density at radius 3 is 3.14 bits per heavy atom. The molecule has 0 bridgehead atoms. The summed E-state index contributed by atoms with van der Waals surface area (Å²) >= 11 is 0. The van der Waals surface area contributed by atoms with E-state index in [0.717, 1.165) is 18.9 Å². The van der Waals surface area contributed by atoms with Gasteiger partial charge in [0.25, 0.3) is 0 Å². The fourth-order valence-electron chi connectivity index (χ4n) is 1.82. The maximum Gasteiger partial charge on any atom is 0.195 e. The Bertz CT molecular complexity index is 279. The van der Waals surface area contributed by atoms with Crippen molar-refractivity contribution in [1.29, 1.82) is 0 Å². The minimum absolute atomic E-state index is 0.0401. The number of aromatic nitrogens is 1. The minimum Gasteiger partial charge on any atom is -0.449 e. The van der Waals surface area contributed by atoms with Gasteiger partial charge in [0.1, 0.15) is 12.0 Å². The van der Waals surface area contributed by atoms with E-state index >= 15 is 0 Å².